The Kier molecular flexibility index (Phi) is 27.5. The number of amides is 11. The Hall–Kier alpha value is -8.20. The molecule has 1 radical (unpaired) electrons. The monoisotopic (exact) mass is 1300 g/mol. The van der Waals surface area contributed by atoms with Crippen molar-refractivity contribution in [3.05, 3.63) is 59.7 Å². The van der Waals surface area contributed by atoms with Gasteiger partial charge in [0.15, 0.2) is 0 Å². The summed E-state index contributed by atoms with van der Waals surface area (Å²) in [7, 11) is 1.21. The number of esters is 1. The van der Waals surface area contributed by atoms with Crippen LogP contribution in [0.5, 0.6) is 0 Å². The number of carbonyl (C=O) groups is 12. The van der Waals surface area contributed by atoms with Gasteiger partial charge in [-0.25, -0.2) is 9.59 Å². The van der Waals surface area contributed by atoms with Crippen LogP contribution in [0.1, 0.15) is 166 Å². The molecule has 1 aliphatic heterocycles. The van der Waals surface area contributed by atoms with E-state index >= 15 is 0 Å². The lowest BCUT2D eigenvalue weighted by Crippen LogP contribution is -2.73. The summed E-state index contributed by atoms with van der Waals surface area (Å²) < 4.78 is 10.5. The predicted molar refractivity (Wildman–Crippen MR) is 345 cm³/mol. The van der Waals surface area contributed by atoms with Crippen LogP contribution in [0.15, 0.2) is 48.5 Å². The van der Waals surface area contributed by atoms with Crippen LogP contribution in [0, 0.1) is 23.7 Å². The molecule has 0 bridgehead atoms. The lowest BCUT2D eigenvalue weighted by Gasteiger charge is -2.54. The molecule has 0 spiro atoms. The van der Waals surface area contributed by atoms with Crippen LogP contribution in [-0.4, -0.2) is 168 Å². The van der Waals surface area contributed by atoms with Gasteiger partial charge in [-0.1, -0.05) is 110 Å². The number of alkyl carbamates (subject to hydrolysis) is 1. The number of piperidine rings is 1. The van der Waals surface area contributed by atoms with Crippen LogP contribution in [0.2, 0.25) is 0 Å². The number of hydroxylamine groups is 2. The van der Waals surface area contributed by atoms with E-state index in [-0.39, 0.29) is 61.9 Å². The van der Waals surface area contributed by atoms with Gasteiger partial charge in [0.25, 0.3) is 0 Å². The second-order valence-corrected chi connectivity index (χ2v) is 28.0. The standard InChI is InChI=1S/C66H101N12O15/c1-18-40(8)53(56(85)73-48(29-39(6)7)57(86)92-17)74-52(82)33-69-58(87)64(13,14)75-54(83)46(27-37(2)3)71-50(80)31-67-49(79)30-70-60(89)66(35-62(9,10)78(91)63(11,12)36-66)76-55(84)47(28-38(4)5)72-51(81)32-68-59(88)65(15,16)77-61(90)93-34-45-43-25-21-19-23-41(43)42-24-20-22-26-44(42)45/h19-26,37-40,45-48,53H,18,27-36H2,1-17H3,(H,67,79)(H,68,88)(H,69,87)(H,70,89)(H,71,80)(H,72,81)(H,73,85)(H,74,82)(H,75,83)(H,76,84)(H,77,90)/t40-,46-,47-,48-,53-/m0/s1. The zero-order valence-corrected chi connectivity index (χ0v) is 57.2. The summed E-state index contributed by atoms with van der Waals surface area (Å²) in [5.74, 6) is -9.22. The average molecular weight is 1300 g/mol. The minimum Gasteiger partial charge on any atom is -0.467 e. The van der Waals surface area contributed by atoms with E-state index in [1.807, 2.05) is 69.3 Å². The molecule has 2 aromatic carbocycles. The number of benzene rings is 2. The molecule has 0 unspecified atom stereocenters. The highest BCUT2D eigenvalue weighted by molar-refractivity contribution is 5.99. The average Bonchev–Trinajstić information content (AvgIpc) is 1.14. The third-order valence-corrected chi connectivity index (χ3v) is 16.4. The molecule has 5 atom stereocenters. The molecule has 11 N–H and O–H groups in total. The van der Waals surface area contributed by atoms with Crippen LogP contribution < -0.4 is 58.5 Å². The van der Waals surface area contributed by atoms with Crippen LogP contribution in [0.4, 0.5) is 4.79 Å². The normalized spacial score (nSPS) is 16.5. The molecular weight excluding hydrogens is 1200 g/mol. The van der Waals surface area contributed by atoms with E-state index in [1.54, 1.807) is 62.3 Å². The zero-order chi connectivity index (χ0) is 70.1. The van der Waals surface area contributed by atoms with Gasteiger partial charge < -0.3 is 68.0 Å². The fourth-order valence-corrected chi connectivity index (χ4v) is 11.8. The van der Waals surface area contributed by atoms with Crippen molar-refractivity contribution in [1.29, 1.82) is 0 Å². The van der Waals surface area contributed by atoms with Gasteiger partial charge in [0.1, 0.15) is 47.4 Å². The minimum atomic E-state index is -1.85. The number of ether oxygens (including phenoxy) is 2. The van der Waals surface area contributed by atoms with Crippen molar-refractivity contribution in [1.82, 2.24) is 63.5 Å². The summed E-state index contributed by atoms with van der Waals surface area (Å²) in [6.07, 6.45) is -0.401. The largest absolute Gasteiger partial charge is 0.467 e. The lowest BCUT2D eigenvalue weighted by molar-refractivity contribution is -0.295. The number of rotatable bonds is 32. The molecule has 0 saturated carbocycles. The van der Waals surface area contributed by atoms with Crippen molar-refractivity contribution in [2.45, 2.75) is 207 Å². The number of hydrogen-bond donors (Lipinski definition) is 11. The van der Waals surface area contributed by atoms with Gasteiger partial charge in [-0.2, -0.15) is 0 Å². The summed E-state index contributed by atoms with van der Waals surface area (Å²) in [6.45, 7) is 24.0. The van der Waals surface area contributed by atoms with Gasteiger partial charge in [-0.3, -0.25) is 47.9 Å². The van der Waals surface area contributed by atoms with Crippen molar-refractivity contribution >= 4 is 71.1 Å². The highest BCUT2D eigenvalue weighted by Crippen LogP contribution is 2.45. The molecule has 1 aliphatic carbocycles. The molecule has 93 heavy (non-hydrogen) atoms. The van der Waals surface area contributed by atoms with E-state index in [2.05, 4.69) is 58.5 Å². The molecule has 1 saturated heterocycles. The molecule has 27 nitrogen and oxygen atoms in total. The molecule has 2 aromatic rings. The van der Waals surface area contributed by atoms with Crippen LogP contribution in [-0.2, 0) is 67.4 Å². The summed E-state index contributed by atoms with van der Waals surface area (Å²) in [6, 6.07) is 11.2. The summed E-state index contributed by atoms with van der Waals surface area (Å²) in [4.78, 5) is 162. The third-order valence-electron chi connectivity index (χ3n) is 16.4. The Morgan fingerprint density at radius 3 is 1.45 bits per heavy atom. The molecule has 2 aliphatic rings. The maximum absolute atomic E-state index is 14.5. The Balaban J connectivity index is 1.35. The molecule has 515 valence electrons. The van der Waals surface area contributed by atoms with E-state index < -0.39 is 149 Å². The first-order valence-corrected chi connectivity index (χ1v) is 31.8. The highest BCUT2D eigenvalue weighted by Gasteiger charge is 2.57. The fraction of sp³-hybridized carbons (Fsp3) is 0.636. The SMILES string of the molecule is CC[C@H](C)[C@H](NC(=O)CNC(=O)C(C)(C)NC(=O)[C@H](CC(C)C)NC(=O)CNC(=O)CNC(=O)C1(NC(=O)[C@H](CC(C)C)NC(=O)CNC(=O)C(C)(C)NC(=O)OCC2c3ccccc3-c3ccccc32)CC(C)(C)N([O])C(C)(C)C1)C(=O)N[C@@H](CC(C)C)C(=O)OC. The Labute approximate surface area is 546 Å². The van der Waals surface area contributed by atoms with E-state index in [0.717, 1.165) is 27.3 Å². The second kappa shape index (κ2) is 33.1. The number of methoxy groups -OCH3 is 1. The molecule has 1 heterocycles. The third kappa shape index (κ3) is 22.0. The van der Waals surface area contributed by atoms with Crippen molar-refractivity contribution < 1.29 is 72.2 Å². The highest BCUT2D eigenvalue weighted by atomic mass is 16.5. The van der Waals surface area contributed by atoms with Gasteiger partial charge in [-0.05, 0) is 133 Å². The van der Waals surface area contributed by atoms with Gasteiger partial charge in [0.2, 0.25) is 59.1 Å². The first-order valence-electron chi connectivity index (χ1n) is 31.8. The summed E-state index contributed by atoms with van der Waals surface area (Å²) in [5, 5.41) is 43.0. The van der Waals surface area contributed by atoms with E-state index in [9.17, 15) is 62.7 Å². The van der Waals surface area contributed by atoms with Crippen LogP contribution >= 0.6 is 0 Å². The van der Waals surface area contributed by atoms with E-state index in [0.29, 0.717) is 12.8 Å². The quantitative estimate of drug-likeness (QED) is 0.0469. The molecule has 27 heteroatoms. The van der Waals surface area contributed by atoms with Crippen molar-refractivity contribution in [3.63, 3.8) is 0 Å². The number of nitrogens with zero attached hydrogens (tertiary/aromatic N) is 1. The zero-order valence-electron chi connectivity index (χ0n) is 57.2. The lowest BCUT2D eigenvalue weighted by atomic mass is 9.69. The van der Waals surface area contributed by atoms with Crippen LogP contribution in [0.3, 0.4) is 0 Å². The van der Waals surface area contributed by atoms with Crippen LogP contribution in [0.25, 0.3) is 11.1 Å². The number of hydrogen-bond acceptors (Lipinski definition) is 15. The molecular formula is C66H101N12O15. The molecule has 1 fully saturated rings. The number of carbonyl (C=O) groups excluding carboxylic acids is 12. The summed E-state index contributed by atoms with van der Waals surface area (Å²) in [5.41, 5.74) is -3.49. The topological polar surface area (TPSA) is 379 Å². The smallest absolute Gasteiger partial charge is 0.408 e. The van der Waals surface area contributed by atoms with Gasteiger partial charge >= 0.3 is 12.1 Å². The maximum atomic E-state index is 14.5. The van der Waals surface area contributed by atoms with Gasteiger partial charge in [0.05, 0.1) is 33.3 Å². The van der Waals surface area contributed by atoms with Crippen molar-refractivity contribution in [2.75, 3.05) is 39.9 Å². The Morgan fingerprint density at radius 2 is 0.978 bits per heavy atom. The van der Waals surface area contributed by atoms with Gasteiger partial charge in [0, 0.05) is 17.0 Å². The van der Waals surface area contributed by atoms with Crippen molar-refractivity contribution in [2.24, 2.45) is 23.7 Å². The van der Waals surface area contributed by atoms with E-state index in [4.69, 9.17) is 9.47 Å². The summed E-state index contributed by atoms with van der Waals surface area (Å²) >= 11 is 0. The molecule has 11 amide bonds. The Bertz CT molecular complexity index is 2990. The first kappa shape index (κ1) is 77.2. The Morgan fingerprint density at radius 1 is 0.548 bits per heavy atom. The molecule has 0 aromatic heterocycles. The minimum absolute atomic E-state index is 0.00267. The number of nitrogens with one attached hydrogen (secondary N) is 11. The number of fused-ring (bicyclic) bond motifs is 3. The first-order chi connectivity index (χ1) is 43.2. The second-order valence-electron chi connectivity index (χ2n) is 28.0. The molecule has 4 rings (SSSR count). The van der Waals surface area contributed by atoms with Crippen molar-refractivity contribution in [3.8, 4) is 11.1 Å². The predicted octanol–water partition coefficient (Wildman–Crippen LogP) is 2.81. The maximum Gasteiger partial charge on any atom is 0.408 e. The van der Waals surface area contributed by atoms with E-state index in [1.165, 1.54) is 34.8 Å². The van der Waals surface area contributed by atoms with Gasteiger partial charge in [-0.15, -0.1) is 10.3 Å². The fourth-order valence-electron chi connectivity index (χ4n) is 11.8.